The van der Waals surface area contributed by atoms with Gasteiger partial charge in [-0.15, -0.1) is 0 Å². The van der Waals surface area contributed by atoms with E-state index in [1.165, 1.54) is 12.1 Å². The topological polar surface area (TPSA) is 49.3 Å². The minimum Gasteiger partial charge on any atom is -0.391 e. The minimum atomic E-state index is -0.631. The van der Waals surface area contributed by atoms with Crippen molar-refractivity contribution >= 4 is 5.91 Å². The van der Waals surface area contributed by atoms with E-state index in [-0.39, 0.29) is 24.3 Å². The van der Waals surface area contributed by atoms with Crippen molar-refractivity contribution in [2.24, 2.45) is 0 Å². The molecule has 3 nitrogen and oxygen atoms in total. The molecule has 0 spiro atoms. The molecule has 5 heteroatoms. The Morgan fingerprint density at radius 2 is 2.10 bits per heavy atom. The van der Waals surface area contributed by atoms with Crippen LogP contribution in [0.5, 0.6) is 0 Å². The Bertz CT molecular complexity index is 507. The van der Waals surface area contributed by atoms with Crippen molar-refractivity contribution in [2.45, 2.75) is 57.1 Å². The van der Waals surface area contributed by atoms with E-state index in [4.69, 9.17) is 0 Å². The maximum absolute atomic E-state index is 13.7. The smallest absolute Gasteiger partial charge is 0.220 e. The average Bonchev–Trinajstić information content (AvgIpc) is 2.41. The zero-order valence-corrected chi connectivity index (χ0v) is 12.1. The highest BCUT2D eigenvalue weighted by Crippen LogP contribution is 2.24. The van der Waals surface area contributed by atoms with Gasteiger partial charge in [0.2, 0.25) is 5.91 Å². The summed E-state index contributed by atoms with van der Waals surface area (Å²) in [6, 6.07) is 3.18. The maximum atomic E-state index is 13.7. The van der Waals surface area contributed by atoms with Crippen LogP contribution in [0.15, 0.2) is 18.2 Å². The number of rotatable bonds is 4. The zero-order valence-electron chi connectivity index (χ0n) is 12.1. The van der Waals surface area contributed by atoms with Gasteiger partial charge in [0.15, 0.2) is 0 Å². The molecular formula is C16H21F2NO2. The lowest BCUT2D eigenvalue weighted by molar-refractivity contribution is -0.123. The SMILES string of the molecule is C[C@H](CC(=O)N[C@@H]1CCCC[C@H]1O)c1ccc(F)cc1F. The predicted octanol–water partition coefficient (Wildman–Crippen LogP) is 2.88. The van der Waals surface area contributed by atoms with Crippen LogP contribution in [0.4, 0.5) is 8.78 Å². The Morgan fingerprint density at radius 1 is 1.38 bits per heavy atom. The van der Waals surface area contributed by atoms with E-state index < -0.39 is 17.7 Å². The Hall–Kier alpha value is -1.49. The van der Waals surface area contributed by atoms with Gasteiger partial charge < -0.3 is 10.4 Å². The summed E-state index contributed by atoms with van der Waals surface area (Å²) >= 11 is 0. The Balaban J connectivity index is 1.92. The first-order valence-corrected chi connectivity index (χ1v) is 7.39. The molecule has 0 radical (unpaired) electrons. The molecule has 1 fully saturated rings. The Morgan fingerprint density at radius 3 is 2.76 bits per heavy atom. The quantitative estimate of drug-likeness (QED) is 0.898. The lowest BCUT2D eigenvalue weighted by atomic mass is 9.91. The molecule has 1 saturated carbocycles. The summed E-state index contributed by atoms with van der Waals surface area (Å²) in [5, 5.41) is 12.6. The third-order valence-corrected chi connectivity index (χ3v) is 4.06. The minimum absolute atomic E-state index is 0.117. The van der Waals surface area contributed by atoms with Crippen LogP contribution in [-0.4, -0.2) is 23.2 Å². The standard InChI is InChI=1S/C16H21F2NO2/c1-10(12-7-6-11(17)9-13(12)18)8-16(21)19-14-4-2-3-5-15(14)20/h6-7,9-10,14-15,20H,2-5,8H2,1H3,(H,19,21)/t10-,14-,15-/m1/s1. The second kappa shape index (κ2) is 6.98. The van der Waals surface area contributed by atoms with Gasteiger partial charge in [-0.25, -0.2) is 8.78 Å². The largest absolute Gasteiger partial charge is 0.391 e. The van der Waals surface area contributed by atoms with Gasteiger partial charge in [-0.1, -0.05) is 25.8 Å². The fourth-order valence-electron chi connectivity index (χ4n) is 2.83. The van der Waals surface area contributed by atoms with Crippen LogP contribution in [0.2, 0.25) is 0 Å². The van der Waals surface area contributed by atoms with Gasteiger partial charge in [-0.3, -0.25) is 4.79 Å². The molecular weight excluding hydrogens is 276 g/mol. The Labute approximate surface area is 123 Å². The van der Waals surface area contributed by atoms with E-state index in [1.807, 2.05) is 0 Å². The highest BCUT2D eigenvalue weighted by molar-refractivity contribution is 5.77. The second-order valence-electron chi connectivity index (χ2n) is 5.80. The number of hydrogen-bond donors (Lipinski definition) is 2. The van der Waals surface area contributed by atoms with Crippen LogP contribution in [0.3, 0.4) is 0 Å². The molecule has 0 aromatic heterocycles. The van der Waals surface area contributed by atoms with Gasteiger partial charge >= 0.3 is 0 Å². The summed E-state index contributed by atoms with van der Waals surface area (Å²) in [5.74, 6) is -1.81. The average molecular weight is 297 g/mol. The van der Waals surface area contributed by atoms with Gasteiger partial charge in [-0.2, -0.15) is 0 Å². The highest BCUT2D eigenvalue weighted by Gasteiger charge is 2.25. The number of nitrogens with one attached hydrogen (secondary N) is 1. The van der Waals surface area contributed by atoms with Crippen molar-refractivity contribution in [1.82, 2.24) is 5.32 Å². The van der Waals surface area contributed by atoms with Crippen molar-refractivity contribution in [3.8, 4) is 0 Å². The van der Waals surface area contributed by atoms with Gasteiger partial charge in [-0.05, 0) is 30.4 Å². The first-order valence-electron chi connectivity index (χ1n) is 7.39. The van der Waals surface area contributed by atoms with Crippen LogP contribution in [0.25, 0.3) is 0 Å². The van der Waals surface area contributed by atoms with Crippen LogP contribution in [0.1, 0.15) is 50.5 Å². The van der Waals surface area contributed by atoms with E-state index >= 15 is 0 Å². The predicted molar refractivity (Wildman–Crippen MR) is 75.8 cm³/mol. The summed E-state index contributed by atoms with van der Waals surface area (Å²) in [7, 11) is 0. The normalized spacial score (nSPS) is 23.6. The van der Waals surface area contributed by atoms with Crippen molar-refractivity contribution in [3.05, 3.63) is 35.4 Å². The molecule has 1 aliphatic carbocycles. The summed E-state index contributed by atoms with van der Waals surface area (Å²) in [6.45, 7) is 1.73. The molecule has 0 heterocycles. The van der Waals surface area contributed by atoms with Crippen molar-refractivity contribution in [3.63, 3.8) is 0 Å². The molecule has 2 rings (SSSR count). The summed E-state index contributed by atoms with van der Waals surface area (Å²) in [4.78, 5) is 12.0. The molecule has 1 aliphatic rings. The number of carbonyl (C=O) groups is 1. The molecule has 3 atom stereocenters. The second-order valence-corrected chi connectivity index (χ2v) is 5.80. The first-order chi connectivity index (χ1) is 9.97. The van der Waals surface area contributed by atoms with Crippen LogP contribution in [-0.2, 0) is 4.79 Å². The molecule has 21 heavy (non-hydrogen) atoms. The first kappa shape index (κ1) is 15.9. The number of aliphatic hydroxyl groups is 1. The molecule has 0 saturated heterocycles. The van der Waals surface area contributed by atoms with E-state index in [0.717, 1.165) is 25.3 Å². The van der Waals surface area contributed by atoms with E-state index in [9.17, 15) is 18.7 Å². The summed E-state index contributed by atoms with van der Waals surface area (Å²) in [5.41, 5.74) is 0.329. The number of amides is 1. The van der Waals surface area contributed by atoms with Gasteiger partial charge in [0.25, 0.3) is 0 Å². The summed E-state index contributed by atoms with van der Waals surface area (Å²) in [6.07, 6.45) is 3.06. The van der Waals surface area contributed by atoms with E-state index in [0.29, 0.717) is 12.0 Å². The molecule has 116 valence electrons. The number of hydrogen-bond acceptors (Lipinski definition) is 2. The van der Waals surface area contributed by atoms with Gasteiger partial charge in [0, 0.05) is 12.5 Å². The molecule has 0 unspecified atom stereocenters. The molecule has 1 amide bonds. The summed E-state index contributed by atoms with van der Waals surface area (Å²) < 4.78 is 26.5. The molecule has 2 N–H and O–H groups in total. The van der Waals surface area contributed by atoms with Crippen molar-refractivity contribution in [2.75, 3.05) is 0 Å². The molecule has 1 aromatic carbocycles. The monoisotopic (exact) mass is 297 g/mol. The Kier molecular flexibility index (Phi) is 5.28. The number of halogens is 2. The van der Waals surface area contributed by atoms with Gasteiger partial charge in [0.1, 0.15) is 11.6 Å². The molecule has 1 aromatic rings. The lowest BCUT2D eigenvalue weighted by Gasteiger charge is -2.28. The third kappa shape index (κ3) is 4.24. The van der Waals surface area contributed by atoms with Gasteiger partial charge in [0.05, 0.1) is 12.1 Å². The zero-order chi connectivity index (χ0) is 15.4. The van der Waals surface area contributed by atoms with Crippen molar-refractivity contribution < 1.29 is 18.7 Å². The van der Waals surface area contributed by atoms with Crippen LogP contribution >= 0.6 is 0 Å². The number of benzene rings is 1. The maximum Gasteiger partial charge on any atom is 0.220 e. The lowest BCUT2D eigenvalue weighted by Crippen LogP contribution is -2.45. The number of aliphatic hydroxyl groups excluding tert-OH is 1. The highest BCUT2D eigenvalue weighted by atomic mass is 19.1. The fourth-order valence-corrected chi connectivity index (χ4v) is 2.83. The van der Waals surface area contributed by atoms with Crippen LogP contribution in [0, 0.1) is 11.6 Å². The fraction of sp³-hybridized carbons (Fsp3) is 0.562. The van der Waals surface area contributed by atoms with E-state index in [2.05, 4.69) is 5.32 Å². The molecule has 0 aliphatic heterocycles. The van der Waals surface area contributed by atoms with E-state index in [1.54, 1.807) is 6.92 Å². The number of carbonyl (C=O) groups excluding carboxylic acids is 1. The molecule has 0 bridgehead atoms. The van der Waals surface area contributed by atoms with Crippen LogP contribution < -0.4 is 5.32 Å². The van der Waals surface area contributed by atoms with Crippen molar-refractivity contribution in [1.29, 1.82) is 0 Å². The third-order valence-electron chi connectivity index (χ3n) is 4.06.